The third-order valence-corrected chi connectivity index (χ3v) is 8.86. The molecule has 2 fully saturated rings. The van der Waals surface area contributed by atoms with Crippen molar-refractivity contribution >= 4 is 29.3 Å². The maximum Gasteiger partial charge on any atom is 0.254 e. The molecule has 2 saturated heterocycles. The van der Waals surface area contributed by atoms with Crippen LogP contribution >= 0.6 is 23.4 Å². The van der Waals surface area contributed by atoms with Crippen LogP contribution in [0, 0.1) is 25.7 Å². The Kier molecular flexibility index (Phi) is 7.26. The molecule has 1 aromatic carbocycles. The molecule has 4 heterocycles. The fourth-order valence-corrected chi connectivity index (χ4v) is 6.48. The summed E-state index contributed by atoms with van der Waals surface area (Å²) in [5, 5.41) is 2.61. The molecule has 0 bridgehead atoms. The zero-order valence-corrected chi connectivity index (χ0v) is 23.8. The number of aromatic amines is 1. The molecule has 2 aromatic rings. The molecular weight excluding hydrogens is 526 g/mol. The molecule has 0 aliphatic carbocycles. The largest absolute Gasteiger partial charge is 0.448 e. The van der Waals surface area contributed by atoms with Gasteiger partial charge in [0.1, 0.15) is 0 Å². The van der Waals surface area contributed by atoms with Crippen LogP contribution in [-0.4, -0.2) is 60.7 Å². The number of ether oxygens (including phenoxy) is 3. The molecule has 3 aliphatic rings. The van der Waals surface area contributed by atoms with E-state index in [2.05, 4.69) is 15.2 Å². The Balaban J connectivity index is 1.32. The number of carbonyl (C=O) groups excluding carboxylic acids is 1. The number of thioether (sulfide) groups is 1. The van der Waals surface area contributed by atoms with Crippen LogP contribution < -0.4 is 20.3 Å². The SMILES string of the molecule is [2H]C([2H])(NC(=O)c1cc(Cl)c2c(c1C)O[C@@](C)(C1CCN(C[C@@H]3CCOC3)CC1)O2)c1c(SC)cc(C)[nH]c1=O. The van der Waals surface area contributed by atoms with Crippen LogP contribution in [-0.2, 0) is 11.2 Å². The summed E-state index contributed by atoms with van der Waals surface area (Å²) in [6, 6.07) is 3.15. The fraction of sp³-hybridized carbons (Fsp3) is 0.571. The first-order chi connectivity index (χ1) is 18.9. The lowest BCUT2D eigenvalue weighted by atomic mass is 9.88. The maximum atomic E-state index is 13.4. The van der Waals surface area contributed by atoms with Gasteiger partial charge in [-0.05, 0) is 70.5 Å². The van der Waals surface area contributed by atoms with Gasteiger partial charge in [0.15, 0.2) is 11.5 Å². The number of nitrogens with zero attached hydrogens (tertiary/aromatic N) is 1. The summed E-state index contributed by atoms with van der Waals surface area (Å²) >= 11 is 7.84. The highest BCUT2D eigenvalue weighted by molar-refractivity contribution is 7.98. The topological polar surface area (TPSA) is 92.9 Å². The fourth-order valence-electron chi connectivity index (χ4n) is 5.60. The number of carbonyl (C=O) groups is 1. The van der Waals surface area contributed by atoms with Crippen molar-refractivity contribution in [3.63, 3.8) is 0 Å². The van der Waals surface area contributed by atoms with Crippen LogP contribution in [0.2, 0.25) is 5.02 Å². The normalized spacial score (nSPS) is 24.8. The van der Waals surface area contributed by atoms with Gasteiger partial charge in [-0.3, -0.25) is 9.59 Å². The van der Waals surface area contributed by atoms with E-state index in [0.29, 0.717) is 33.6 Å². The van der Waals surface area contributed by atoms with E-state index in [1.165, 1.54) is 17.8 Å². The van der Waals surface area contributed by atoms with Crippen molar-refractivity contribution in [3.8, 4) is 11.5 Å². The van der Waals surface area contributed by atoms with Gasteiger partial charge in [-0.2, -0.15) is 0 Å². The number of hydrogen-bond donors (Lipinski definition) is 2. The van der Waals surface area contributed by atoms with Crippen LogP contribution in [0.3, 0.4) is 0 Å². The van der Waals surface area contributed by atoms with Gasteiger partial charge in [-0.15, -0.1) is 11.8 Å². The average molecular weight is 564 g/mol. The Morgan fingerprint density at radius 2 is 2.00 bits per heavy atom. The van der Waals surface area contributed by atoms with Crippen LogP contribution in [0.25, 0.3) is 0 Å². The van der Waals surface area contributed by atoms with Gasteiger partial charge in [0.05, 0.1) is 14.4 Å². The molecule has 2 atom stereocenters. The molecular formula is C28H36ClN3O5S. The van der Waals surface area contributed by atoms with Gasteiger partial charge in [0.2, 0.25) is 0 Å². The number of aryl methyl sites for hydroxylation is 1. The van der Waals surface area contributed by atoms with Gasteiger partial charge in [-0.25, -0.2) is 0 Å². The number of likely N-dealkylation sites (tertiary alicyclic amines) is 1. The number of halogens is 1. The molecule has 1 aromatic heterocycles. The highest BCUT2D eigenvalue weighted by Crippen LogP contribution is 2.51. The highest BCUT2D eigenvalue weighted by Gasteiger charge is 2.47. The lowest BCUT2D eigenvalue weighted by Crippen LogP contribution is -2.49. The minimum atomic E-state index is -2.43. The Morgan fingerprint density at radius 1 is 1.26 bits per heavy atom. The third kappa shape index (κ3) is 5.43. The summed E-state index contributed by atoms with van der Waals surface area (Å²) in [5.74, 6) is -0.109. The minimum Gasteiger partial charge on any atom is -0.448 e. The number of aromatic nitrogens is 1. The number of pyridine rings is 1. The summed E-state index contributed by atoms with van der Waals surface area (Å²) in [6.07, 6.45) is 4.69. The van der Waals surface area contributed by atoms with Crippen molar-refractivity contribution in [2.24, 2.45) is 11.8 Å². The van der Waals surface area contributed by atoms with Crippen LogP contribution in [0.5, 0.6) is 11.5 Å². The lowest BCUT2D eigenvalue weighted by molar-refractivity contribution is -0.125. The molecule has 0 unspecified atom stereocenters. The molecule has 206 valence electrons. The molecule has 8 nitrogen and oxygen atoms in total. The zero-order valence-electron chi connectivity index (χ0n) is 24.2. The second-order valence-electron chi connectivity index (χ2n) is 10.5. The van der Waals surface area contributed by atoms with Gasteiger partial charge >= 0.3 is 0 Å². The van der Waals surface area contributed by atoms with Crippen molar-refractivity contribution in [2.75, 3.05) is 39.1 Å². The molecule has 0 spiro atoms. The molecule has 38 heavy (non-hydrogen) atoms. The predicted octanol–water partition coefficient (Wildman–Crippen LogP) is 4.53. The molecule has 3 aliphatic heterocycles. The number of benzene rings is 1. The smallest absolute Gasteiger partial charge is 0.254 e. The van der Waals surface area contributed by atoms with Crippen LogP contribution in [0.15, 0.2) is 21.8 Å². The van der Waals surface area contributed by atoms with E-state index in [9.17, 15) is 9.59 Å². The Morgan fingerprint density at radius 3 is 2.68 bits per heavy atom. The number of nitrogens with one attached hydrogen (secondary N) is 2. The molecule has 1 amide bonds. The van der Waals surface area contributed by atoms with Crippen molar-refractivity contribution in [3.05, 3.63) is 49.9 Å². The second-order valence-corrected chi connectivity index (χ2v) is 11.8. The van der Waals surface area contributed by atoms with E-state index in [1.54, 1.807) is 26.2 Å². The molecule has 0 radical (unpaired) electrons. The van der Waals surface area contributed by atoms with E-state index in [1.807, 2.05) is 6.92 Å². The zero-order chi connectivity index (χ0) is 28.8. The lowest BCUT2D eigenvalue weighted by Gasteiger charge is -2.39. The predicted molar refractivity (Wildman–Crippen MR) is 149 cm³/mol. The van der Waals surface area contributed by atoms with Gasteiger partial charge in [0.25, 0.3) is 17.3 Å². The summed E-state index contributed by atoms with van der Waals surface area (Å²) in [7, 11) is 0. The number of fused-ring (bicyclic) bond motifs is 1. The number of rotatable bonds is 7. The summed E-state index contributed by atoms with van der Waals surface area (Å²) in [5.41, 5.74) is 0.522. The van der Waals surface area contributed by atoms with Crippen molar-refractivity contribution in [1.29, 1.82) is 0 Å². The monoisotopic (exact) mass is 563 g/mol. The van der Waals surface area contributed by atoms with Crippen LogP contribution in [0.1, 0.15) is 56.1 Å². The molecule has 10 heteroatoms. The number of piperidine rings is 1. The Bertz CT molecular complexity index is 1360. The molecule has 0 saturated carbocycles. The number of hydrogen-bond acceptors (Lipinski definition) is 7. The first kappa shape index (κ1) is 24.8. The maximum absolute atomic E-state index is 13.4. The van der Waals surface area contributed by atoms with E-state index in [4.69, 9.17) is 28.6 Å². The third-order valence-electron chi connectivity index (χ3n) is 7.82. The van der Waals surface area contributed by atoms with E-state index in [0.717, 1.165) is 52.1 Å². The van der Waals surface area contributed by atoms with Crippen molar-refractivity contribution in [2.45, 2.75) is 57.2 Å². The van der Waals surface area contributed by atoms with Crippen molar-refractivity contribution < 1.29 is 21.7 Å². The van der Waals surface area contributed by atoms with E-state index in [-0.39, 0.29) is 22.1 Å². The number of H-pyrrole nitrogens is 1. The quantitative estimate of drug-likeness (QED) is 0.478. The summed E-state index contributed by atoms with van der Waals surface area (Å²) < 4.78 is 35.4. The second kappa shape index (κ2) is 11.1. The van der Waals surface area contributed by atoms with E-state index >= 15 is 0 Å². The van der Waals surface area contributed by atoms with Crippen LogP contribution in [0.4, 0.5) is 0 Å². The molecule has 2 N–H and O–H groups in total. The standard InChI is InChI=1S/C28H36ClN3O5S/c1-16-11-23(38-4)21(27(34)31-16)13-30-26(33)20-12-22(29)25-24(17(20)2)36-28(3,37-25)19-5-8-32(9-6-19)14-18-7-10-35-15-18/h11-12,18-19H,5-10,13-15H2,1-4H3,(H,30,33)(H,31,34)/t18-,28+/m0/s1/i13D2. The van der Waals surface area contributed by atoms with Gasteiger partial charge < -0.3 is 29.4 Å². The number of amides is 1. The average Bonchev–Trinajstić information content (AvgIpc) is 3.54. The Labute approximate surface area is 235 Å². The van der Waals surface area contributed by atoms with E-state index < -0.39 is 23.8 Å². The highest BCUT2D eigenvalue weighted by atomic mass is 35.5. The van der Waals surface area contributed by atoms with Crippen molar-refractivity contribution in [1.82, 2.24) is 15.2 Å². The van der Waals surface area contributed by atoms with Gasteiger partial charge in [0, 0.05) is 59.8 Å². The first-order valence-electron chi connectivity index (χ1n) is 14.0. The summed E-state index contributed by atoms with van der Waals surface area (Å²) in [4.78, 5) is 31.6. The first-order valence-corrected chi connectivity index (χ1v) is 14.6. The molecule has 5 rings (SSSR count). The van der Waals surface area contributed by atoms with Gasteiger partial charge in [-0.1, -0.05) is 11.6 Å². The minimum absolute atomic E-state index is 0.135. The summed E-state index contributed by atoms with van der Waals surface area (Å²) in [6.45, 7) is 7.58. The Hall–Kier alpha value is -2.20.